The Morgan fingerprint density at radius 2 is 1.67 bits per heavy atom. The van der Waals surface area contributed by atoms with E-state index in [0.29, 0.717) is 43.4 Å². The summed E-state index contributed by atoms with van der Waals surface area (Å²) in [7, 11) is 0. The van der Waals surface area contributed by atoms with Crippen LogP contribution in [0.3, 0.4) is 0 Å². The number of para-hydroxylation sites is 1. The van der Waals surface area contributed by atoms with Crippen molar-refractivity contribution in [2.45, 2.75) is 29.8 Å². The van der Waals surface area contributed by atoms with Gasteiger partial charge in [-0.05, 0) is 36.8 Å². The molecule has 5 nitrogen and oxygen atoms in total. The second kappa shape index (κ2) is 10.3. The number of carbonyl (C=O) groups is 2. The van der Waals surface area contributed by atoms with E-state index in [-0.39, 0.29) is 21.9 Å². The number of halogens is 3. The van der Waals surface area contributed by atoms with Gasteiger partial charge in [-0.1, -0.05) is 36.5 Å². The summed E-state index contributed by atoms with van der Waals surface area (Å²) in [6.45, 7) is 8.82. The molecule has 33 heavy (non-hydrogen) atoms. The van der Waals surface area contributed by atoms with Gasteiger partial charge in [-0.15, -0.1) is 0 Å². The molecule has 3 rings (SSSR count). The Balaban J connectivity index is 1.84. The van der Waals surface area contributed by atoms with Crippen LogP contribution in [0.1, 0.15) is 25.0 Å². The van der Waals surface area contributed by atoms with Crippen LogP contribution in [0, 0.1) is 0 Å². The lowest BCUT2D eigenvalue weighted by Gasteiger charge is -2.34. The van der Waals surface area contributed by atoms with Crippen molar-refractivity contribution in [2.24, 2.45) is 0 Å². The molecule has 0 atom stereocenters. The van der Waals surface area contributed by atoms with Crippen molar-refractivity contribution in [1.82, 2.24) is 9.80 Å². The van der Waals surface area contributed by atoms with Gasteiger partial charge >= 0.3 is 6.18 Å². The first-order valence-electron chi connectivity index (χ1n) is 10.5. The number of ether oxygens (including phenoxy) is 1. The molecular formula is C24H25F3N2O3S. The van der Waals surface area contributed by atoms with Crippen LogP contribution in [0.5, 0.6) is 5.75 Å². The molecule has 176 valence electrons. The van der Waals surface area contributed by atoms with Crippen LogP contribution < -0.4 is 4.74 Å². The van der Waals surface area contributed by atoms with Crippen molar-refractivity contribution in [3.8, 4) is 5.75 Å². The lowest BCUT2D eigenvalue weighted by molar-refractivity contribution is -0.139. The summed E-state index contributed by atoms with van der Waals surface area (Å²) in [5.74, 6) is -0.00495. The fraction of sp³-hybridized carbons (Fsp3) is 0.333. The smallest absolute Gasteiger partial charge is 0.417 e. The monoisotopic (exact) mass is 478 g/mol. The van der Waals surface area contributed by atoms with Crippen LogP contribution in [0.15, 0.2) is 58.8 Å². The van der Waals surface area contributed by atoms with Crippen LogP contribution in [0.25, 0.3) is 5.57 Å². The third kappa shape index (κ3) is 5.90. The fourth-order valence-electron chi connectivity index (χ4n) is 3.49. The van der Waals surface area contributed by atoms with Gasteiger partial charge in [0.15, 0.2) is 0 Å². The van der Waals surface area contributed by atoms with E-state index in [0.717, 1.165) is 17.8 Å². The molecule has 0 aromatic heterocycles. The Morgan fingerprint density at radius 3 is 2.27 bits per heavy atom. The highest BCUT2D eigenvalue weighted by Crippen LogP contribution is 2.43. The molecule has 9 heteroatoms. The fourth-order valence-corrected chi connectivity index (χ4v) is 4.53. The number of rotatable bonds is 6. The van der Waals surface area contributed by atoms with Crippen LogP contribution in [-0.4, -0.2) is 54.4 Å². The molecule has 1 heterocycles. The lowest BCUT2D eigenvalue weighted by atomic mass is 10.0. The number of hydrogen-bond donors (Lipinski definition) is 0. The molecule has 2 aromatic rings. The van der Waals surface area contributed by atoms with E-state index in [9.17, 15) is 22.8 Å². The summed E-state index contributed by atoms with van der Waals surface area (Å²) in [6, 6.07) is 10.7. The first kappa shape index (κ1) is 24.7. The third-order valence-corrected chi connectivity index (χ3v) is 6.41. The molecule has 0 bridgehead atoms. The summed E-state index contributed by atoms with van der Waals surface area (Å²) in [5, 5.41) is 0. The third-order valence-electron chi connectivity index (χ3n) is 5.27. The van der Waals surface area contributed by atoms with E-state index < -0.39 is 17.6 Å². The quantitative estimate of drug-likeness (QED) is 0.551. The molecule has 0 radical (unpaired) electrons. The van der Waals surface area contributed by atoms with E-state index in [1.807, 2.05) is 0 Å². The number of benzene rings is 2. The molecule has 1 fully saturated rings. The van der Waals surface area contributed by atoms with Gasteiger partial charge < -0.3 is 14.5 Å². The second-order valence-corrected chi connectivity index (χ2v) is 8.55. The Bertz CT molecular complexity index is 1050. The SMILES string of the molecule is C=C(C(=O)N1CCN(C(C)=O)CC1)c1ccc(Sc2ccccc2OCC)c(C(F)(F)F)c1. The average molecular weight is 479 g/mol. The average Bonchev–Trinajstić information content (AvgIpc) is 2.79. The van der Waals surface area contributed by atoms with E-state index in [2.05, 4.69) is 6.58 Å². The first-order valence-corrected chi connectivity index (χ1v) is 11.3. The van der Waals surface area contributed by atoms with Gasteiger partial charge in [0, 0.05) is 43.6 Å². The van der Waals surface area contributed by atoms with Crippen molar-refractivity contribution >= 4 is 29.1 Å². The Hall–Kier alpha value is -2.94. The first-order chi connectivity index (χ1) is 15.6. The van der Waals surface area contributed by atoms with Gasteiger partial charge in [0.1, 0.15) is 5.75 Å². The predicted octanol–water partition coefficient (Wildman–Crippen LogP) is 4.96. The minimum Gasteiger partial charge on any atom is -0.493 e. The Morgan fingerprint density at radius 1 is 1.03 bits per heavy atom. The molecule has 2 amide bonds. The van der Waals surface area contributed by atoms with Gasteiger partial charge in [0.2, 0.25) is 5.91 Å². The van der Waals surface area contributed by atoms with Gasteiger partial charge in [-0.25, -0.2) is 0 Å². The lowest BCUT2D eigenvalue weighted by Crippen LogP contribution is -2.50. The second-order valence-electron chi connectivity index (χ2n) is 7.47. The minimum atomic E-state index is -4.62. The van der Waals surface area contributed by atoms with Crippen molar-refractivity contribution in [3.05, 3.63) is 60.2 Å². The topological polar surface area (TPSA) is 49.9 Å². The van der Waals surface area contributed by atoms with Crippen LogP contribution in [0.4, 0.5) is 13.2 Å². The molecule has 1 saturated heterocycles. The number of carbonyl (C=O) groups excluding carboxylic acids is 2. The van der Waals surface area contributed by atoms with E-state index in [1.54, 1.807) is 36.1 Å². The summed E-state index contributed by atoms with van der Waals surface area (Å²) < 4.78 is 47.3. The number of alkyl halides is 3. The number of piperazine rings is 1. The van der Waals surface area contributed by atoms with Crippen LogP contribution in [-0.2, 0) is 15.8 Å². The van der Waals surface area contributed by atoms with Gasteiger partial charge in [0.05, 0.1) is 17.1 Å². The predicted molar refractivity (Wildman–Crippen MR) is 121 cm³/mol. The highest BCUT2D eigenvalue weighted by atomic mass is 32.2. The van der Waals surface area contributed by atoms with Crippen LogP contribution >= 0.6 is 11.8 Å². The van der Waals surface area contributed by atoms with Crippen molar-refractivity contribution < 1.29 is 27.5 Å². The minimum absolute atomic E-state index is 0.00808. The van der Waals surface area contributed by atoms with E-state index in [1.165, 1.54) is 24.0 Å². The number of amides is 2. The maximum absolute atomic E-state index is 13.9. The molecule has 0 unspecified atom stereocenters. The summed E-state index contributed by atoms with van der Waals surface area (Å²) >= 11 is 0.960. The van der Waals surface area contributed by atoms with Gasteiger partial charge in [-0.2, -0.15) is 13.2 Å². The molecule has 1 aliphatic heterocycles. The van der Waals surface area contributed by atoms with Crippen molar-refractivity contribution in [1.29, 1.82) is 0 Å². The zero-order chi connectivity index (χ0) is 24.2. The van der Waals surface area contributed by atoms with Crippen LogP contribution in [0.2, 0.25) is 0 Å². The maximum Gasteiger partial charge on any atom is 0.417 e. The van der Waals surface area contributed by atoms with Crippen molar-refractivity contribution in [2.75, 3.05) is 32.8 Å². The normalized spacial score (nSPS) is 14.2. The molecule has 0 spiro atoms. The largest absolute Gasteiger partial charge is 0.493 e. The molecular weight excluding hydrogens is 453 g/mol. The molecule has 0 N–H and O–H groups in total. The number of nitrogens with zero attached hydrogens (tertiary/aromatic N) is 2. The molecule has 0 saturated carbocycles. The standard InChI is InChI=1S/C24H25F3N2O3S/c1-4-32-20-7-5-6-8-22(20)33-21-10-9-18(15-19(21)24(25,26)27)16(2)23(31)29-13-11-28(12-14-29)17(3)30/h5-10,15H,2,4,11-14H2,1,3H3. The molecule has 1 aliphatic rings. The zero-order valence-corrected chi connectivity index (χ0v) is 19.3. The zero-order valence-electron chi connectivity index (χ0n) is 18.4. The Labute approximate surface area is 195 Å². The van der Waals surface area contributed by atoms with Crippen molar-refractivity contribution in [3.63, 3.8) is 0 Å². The summed E-state index contributed by atoms with van der Waals surface area (Å²) in [6.07, 6.45) is -4.62. The van der Waals surface area contributed by atoms with Gasteiger partial charge in [0.25, 0.3) is 5.91 Å². The summed E-state index contributed by atoms with van der Waals surface area (Å²) in [5.41, 5.74) is -0.738. The number of hydrogen-bond acceptors (Lipinski definition) is 4. The summed E-state index contributed by atoms with van der Waals surface area (Å²) in [4.78, 5) is 28.0. The van der Waals surface area contributed by atoms with E-state index >= 15 is 0 Å². The molecule has 2 aromatic carbocycles. The van der Waals surface area contributed by atoms with E-state index in [4.69, 9.17) is 4.74 Å². The molecule has 0 aliphatic carbocycles. The highest BCUT2D eigenvalue weighted by molar-refractivity contribution is 7.99. The Kier molecular flexibility index (Phi) is 7.73. The highest BCUT2D eigenvalue weighted by Gasteiger charge is 2.35. The maximum atomic E-state index is 13.9. The van der Waals surface area contributed by atoms with Gasteiger partial charge in [-0.3, -0.25) is 9.59 Å².